The largest absolute Gasteiger partial charge is 0.480 e. The molecular formula is C12H21N3O5S. The van der Waals surface area contributed by atoms with Crippen LogP contribution in [0.2, 0.25) is 0 Å². The summed E-state index contributed by atoms with van der Waals surface area (Å²) >= 11 is 0. The van der Waals surface area contributed by atoms with Gasteiger partial charge in [0.05, 0.1) is 6.04 Å². The van der Waals surface area contributed by atoms with Crippen LogP contribution in [0.1, 0.15) is 39.0 Å². The molecule has 0 aromatic carbocycles. The van der Waals surface area contributed by atoms with Crippen LogP contribution < -0.4 is 10.0 Å². The molecular weight excluding hydrogens is 298 g/mol. The van der Waals surface area contributed by atoms with Gasteiger partial charge in [-0.15, -0.1) is 0 Å². The summed E-state index contributed by atoms with van der Waals surface area (Å²) in [5, 5.41) is 11.8. The van der Waals surface area contributed by atoms with Gasteiger partial charge in [0.15, 0.2) is 0 Å². The highest BCUT2D eigenvalue weighted by atomic mass is 32.2. The van der Waals surface area contributed by atoms with Crippen LogP contribution in [0.4, 0.5) is 0 Å². The molecule has 2 atom stereocenters. The molecule has 9 heteroatoms. The fourth-order valence-corrected chi connectivity index (χ4v) is 3.93. The molecule has 1 saturated heterocycles. The summed E-state index contributed by atoms with van der Waals surface area (Å²) < 4.78 is 27.8. The Bertz CT molecular complexity index is 517. The van der Waals surface area contributed by atoms with Gasteiger partial charge in [0.2, 0.25) is 5.91 Å². The van der Waals surface area contributed by atoms with E-state index in [1.165, 1.54) is 6.92 Å². The molecule has 3 N–H and O–H groups in total. The zero-order valence-electron chi connectivity index (χ0n) is 11.9. The van der Waals surface area contributed by atoms with Crippen LogP contribution in [0.25, 0.3) is 0 Å². The Hall–Kier alpha value is -1.19. The Morgan fingerprint density at radius 1 is 1.24 bits per heavy atom. The predicted molar refractivity (Wildman–Crippen MR) is 74.7 cm³/mol. The highest BCUT2D eigenvalue weighted by Crippen LogP contribution is 2.21. The third-order valence-electron chi connectivity index (χ3n) is 3.69. The van der Waals surface area contributed by atoms with Crippen molar-refractivity contribution in [3.05, 3.63) is 0 Å². The second-order valence-electron chi connectivity index (χ2n) is 5.59. The summed E-state index contributed by atoms with van der Waals surface area (Å²) in [7, 11) is -4.00. The molecule has 0 aromatic heterocycles. The molecule has 1 saturated carbocycles. The van der Waals surface area contributed by atoms with Gasteiger partial charge in [-0.1, -0.05) is 0 Å². The average Bonchev–Trinajstić information content (AvgIpc) is 3.22. The first-order chi connectivity index (χ1) is 9.81. The van der Waals surface area contributed by atoms with Gasteiger partial charge in [-0.3, -0.25) is 9.59 Å². The van der Waals surface area contributed by atoms with Crippen LogP contribution in [0, 0.1) is 0 Å². The quantitative estimate of drug-likeness (QED) is 0.606. The minimum absolute atomic E-state index is 0.145. The molecule has 1 aliphatic carbocycles. The van der Waals surface area contributed by atoms with Crippen LogP contribution in [0.3, 0.4) is 0 Å². The SMILES string of the molecule is CC(NS(=O)(=O)N1CCCCC1C(=O)O)C(=O)NC1CC1. The normalized spacial score (nSPS) is 25.3. The van der Waals surface area contributed by atoms with Gasteiger partial charge >= 0.3 is 5.97 Å². The van der Waals surface area contributed by atoms with E-state index in [2.05, 4.69) is 10.0 Å². The molecule has 1 heterocycles. The Kier molecular flexibility index (Phi) is 4.84. The first-order valence-corrected chi connectivity index (χ1v) is 8.57. The van der Waals surface area contributed by atoms with E-state index >= 15 is 0 Å². The Morgan fingerprint density at radius 3 is 2.48 bits per heavy atom. The maximum atomic E-state index is 12.3. The maximum absolute atomic E-state index is 12.3. The third kappa shape index (κ3) is 4.14. The summed E-state index contributed by atoms with van der Waals surface area (Å²) in [6.07, 6.45) is 3.42. The smallest absolute Gasteiger partial charge is 0.322 e. The lowest BCUT2D eigenvalue weighted by Gasteiger charge is -2.32. The van der Waals surface area contributed by atoms with E-state index in [1.54, 1.807) is 0 Å². The number of hydrogen-bond donors (Lipinski definition) is 3. The van der Waals surface area contributed by atoms with Crippen molar-refractivity contribution >= 4 is 22.1 Å². The number of nitrogens with zero attached hydrogens (tertiary/aromatic N) is 1. The minimum Gasteiger partial charge on any atom is -0.480 e. The number of nitrogens with one attached hydrogen (secondary N) is 2. The number of hydrogen-bond acceptors (Lipinski definition) is 4. The van der Waals surface area contributed by atoms with E-state index < -0.39 is 28.3 Å². The Balaban J connectivity index is 2.01. The molecule has 0 spiro atoms. The number of piperidine rings is 1. The van der Waals surface area contributed by atoms with Crippen molar-refractivity contribution in [2.45, 2.75) is 57.2 Å². The Labute approximate surface area is 124 Å². The van der Waals surface area contributed by atoms with Crippen molar-refractivity contribution in [1.82, 2.24) is 14.3 Å². The number of carbonyl (C=O) groups is 2. The highest BCUT2D eigenvalue weighted by Gasteiger charge is 2.38. The molecule has 21 heavy (non-hydrogen) atoms. The predicted octanol–water partition coefficient (Wildman–Crippen LogP) is -0.573. The maximum Gasteiger partial charge on any atom is 0.322 e. The number of amides is 1. The summed E-state index contributed by atoms with van der Waals surface area (Å²) in [5.41, 5.74) is 0. The van der Waals surface area contributed by atoms with Gasteiger partial charge in [0.25, 0.3) is 10.2 Å². The number of carboxylic acids is 1. The molecule has 0 radical (unpaired) electrons. The van der Waals surface area contributed by atoms with Gasteiger partial charge in [-0.2, -0.15) is 17.4 Å². The van der Waals surface area contributed by atoms with Crippen LogP contribution in [-0.2, 0) is 19.8 Å². The first-order valence-electron chi connectivity index (χ1n) is 7.13. The van der Waals surface area contributed by atoms with E-state index in [-0.39, 0.29) is 18.5 Å². The molecule has 1 amide bonds. The molecule has 0 bridgehead atoms. The summed E-state index contributed by atoms with van der Waals surface area (Å²) in [6.45, 7) is 1.61. The lowest BCUT2D eigenvalue weighted by atomic mass is 10.1. The van der Waals surface area contributed by atoms with Crippen molar-refractivity contribution in [3.8, 4) is 0 Å². The van der Waals surface area contributed by atoms with Gasteiger partial charge in [0.1, 0.15) is 6.04 Å². The minimum atomic E-state index is -4.00. The number of aliphatic carboxylic acids is 1. The second-order valence-corrected chi connectivity index (χ2v) is 7.24. The highest BCUT2D eigenvalue weighted by molar-refractivity contribution is 7.87. The van der Waals surface area contributed by atoms with Crippen LogP contribution in [0.5, 0.6) is 0 Å². The van der Waals surface area contributed by atoms with Gasteiger partial charge < -0.3 is 10.4 Å². The molecule has 2 aliphatic rings. The van der Waals surface area contributed by atoms with Crippen molar-refractivity contribution in [1.29, 1.82) is 0 Å². The average molecular weight is 319 g/mol. The molecule has 0 aromatic rings. The first kappa shape index (κ1) is 16.2. The fraction of sp³-hybridized carbons (Fsp3) is 0.833. The third-order valence-corrected chi connectivity index (χ3v) is 5.40. The fourth-order valence-electron chi connectivity index (χ4n) is 2.34. The summed E-state index contributed by atoms with van der Waals surface area (Å²) in [6, 6.07) is -1.84. The van der Waals surface area contributed by atoms with Crippen molar-refractivity contribution in [2.75, 3.05) is 6.54 Å². The van der Waals surface area contributed by atoms with Crippen LogP contribution in [-0.4, -0.2) is 54.4 Å². The van der Waals surface area contributed by atoms with E-state index in [9.17, 15) is 18.0 Å². The number of carboxylic acid groups (broad SMARTS) is 1. The lowest BCUT2D eigenvalue weighted by Crippen LogP contribution is -2.56. The van der Waals surface area contributed by atoms with Crippen LogP contribution in [0.15, 0.2) is 0 Å². The van der Waals surface area contributed by atoms with E-state index in [0.717, 1.165) is 17.1 Å². The van der Waals surface area contributed by atoms with E-state index in [0.29, 0.717) is 19.3 Å². The zero-order valence-corrected chi connectivity index (χ0v) is 12.7. The zero-order chi connectivity index (χ0) is 15.6. The molecule has 1 aliphatic heterocycles. The monoisotopic (exact) mass is 319 g/mol. The summed E-state index contributed by atoms with van der Waals surface area (Å²) in [5.74, 6) is -1.54. The van der Waals surface area contributed by atoms with Crippen molar-refractivity contribution in [3.63, 3.8) is 0 Å². The molecule has 120 valence electrons. The van der Waals surface area contributed by atoms with Gasteiger partial charge in [-0.05, 0) is 39.0 Å². The molecule has 2 rings (SSSR count). The van der Waals surface area contributed by atoms with Crippen molar-refractivity contribution < 1.29 is 23.1 Å². The van der Waals surface area contributed by atoms with E-state index in [4.69, 9.17) is 5.11 Å². The van der Waals surface area contributed by atoms with Crippen LogP contribution >= 0.6 is 0 Å². The standard InChI is InChI=1S/C12H21N3O5S/c1-8(11(16)13-9-5-6-9)14-21(19,20)15-7-3-2-4-10(15)12(17)18/h8-10,14H,2-7H2,1H3,(H,13,16)(H,17,18). The Morgan fingerprint density at radius 2 is 1.90 bits per heavy atom. The number of carbonyl (C=O) groups excluding carboxylic acids is 1. The van der Waals surface area contributed by atoms with Gasteiger partial charge in [0, 0.05) is 12.6 Å². The van der Waals surface area contributed by atoms with Gasteiger partial charge in [-0.25, -0.2) is 0 Å². The second kappa shape index (κ2) is 6.29. The van der Waals surface area contributed by atoms with Crippen molar-refractivity contribution in [2.24, 2.45) is 0 Å². The molecule has 8 nitrogen and oxygen atoms in total. The summed E-state index contributed by atoms with van der Waals surface area (Å²) in [4.78, 5) is 23.0. The number of rotatable bonds is 6. The van der Waals surface area contributed by atoms with E-state index in [1.807, 2.05) is 0 Å². The lowest BCUT2D eigenvalue weighted by molar-refractivity contribution is -0.142. The molecule has 2 fully saturated rings. The molecule has 2 unspecified atom stereocenters. The topological polar surface area (TPSA) is 116 Å².